The van der Waals surface area contributed by atoms with Crippen molar-refractivity contribution in [1.29, 1.82) is 0 Å². The van der Waals surface area contributed by atoms with Crippen molar-refractivity contribution < 1.29 is 32.3 Å². The minimum atomic E-state index is -1.09. The van der Waals surface area contributed by atoms with Crippen molar-refractivity contribution in [3.8, 4) is 0 Å². The maximum absolute atomic E-state index is 9.75. The van der Waals surface area contributed by atoms with Crippen molar-refractivity contribution in [2.24, 2.45) is 0 Å². The van der Waals surface area contributed by atoms with E-state index in [0.29, 0.717) is 0 Å². The van der Waals surface area contributed by atoms with Gasteiger partial charge in [-0.2, -0.15) is 0 Å². The summed E-state index contributed by atoms with van der Waals surface area (Å²) in [6.45, 7) is 3.15. The first-order valence-electron chi connectivity index (χ1n) is 15.0. The van der Waals surface area contributed by atoms with Crippen molar-refractivity contribution in [3.63, 3.8) is 0 Å². The number of aliphatic carboxylic acids is 1. The van der Waals surface area contributed by atoms with Gasteiger partial charge in [-0.25, -0.2) is 0 Å². The number of carbonyl (C=O) groups excluding carboxylic acids is 1. The summed E-state index contributed by atoms with van der Waals surface area (Å²) in [7, 11) is -1.75. The fourth-order valence-electron chi connectivity index (χ4n) is 4.75. The molecule has 234 valence electrons. The van der Waals surface area contributed by atoms with E-state index in [0.717, 1.165) is 0 Å². The summed E-state index contributed by atoms with van der Waals surface area (Å²) < 4.78 is 0. The summed E-state index contributed by atoms with van der Waals surface area (Å²) in [5.41, 5.74) is 0.278. The van der Waals surface area contributed by atoms with E-state index in [9.17, 15) is 9.90 Å². The molecular formula is C41H39AgO2P2+2. The fraction of sp³-hybridized carbons (Fsp3) is 0.0488. The van der Waals surface area contributed by atoms with Gasteiger partial charge in [-0.3, -0.25) is 0 Å². The van der Waals surface area contributed by atoms with E-state index in [2.05, 4.69) is 182 Å². The Kier molecular flexibility index (Phi) is 16.1. The molecule has 0 saturated heterocycles. The van der Waals surface area contributed by atoms with E-state index >= 15 is 0 Å². The predicted octanol–water partition coefficient (Wildman–Crippen LogP) is 6.05. The summed E-state index contributed by atoms with van der Waals surface area (Å²) >= 11 is 0. The SMILES string of the molecule is C/C=C(\C)C(=O)[O-].[Ag+].c1ccc([PH+](c2ccccc2)c2ccccc2)cc1.c1ccc([PH+](c2ccccc2)c2ccccc2)cc1. The van der Waals surface area contributed by atoms with Gasteiger partial charge in [0.15, 0.2) is 0 Å². The Morgan fingerprint density at radius 2 is 0.609 bits per heavy atom. The van der Waals surface area contributed by atoms with Gasteiger partial charge in [-0.05, 0) is 92.2 Å². The zero-order chi connectivity index (χ0) is 31.7. The average Bonchev–Trinajstić information content (AvgIpc) is 3.11. The van der Waals surface area contributed by atoms with Crippen LogP contribution in [0.3, 0.4) is 0 Å². The molecule has 0 aromatic heterocycles. The van der Waals surface area contributed by atoms with Gasteiger partial charge in [-0.1, -0.05) is 115 Å². The number of hydrogen-bond donors (Lipinski definition) is 0. The number of allylic oxidation sites excluding steroid dienone is 1. The third kappa shape index (κ3) is 11.2. The van der Waals surface area contributed by atoms with Gasteiger partial charge >= 0.3 is 22.4 Å². The molecule has 6 rings (SSSR count). The molecule has 0 saturated carbocycles. The molecule has 0 aliphatic heterocycles. The molecule has 0 fully saturated rings. The van der Waals surface area contributed by atoms with E-state index in [1.54, 1.807) is 6.92 Å². The normalized spacial score (nSPS) is 10.5. The van der Waals surface area contributed by atoms with Crippen LogP contribution in [0.25, 0.3) is 0 Å². The molecule has 0 amide bonds. The summed E-state index contributed by atoms with van der Waals surface area (Å²) in [4.78, 5) is 9.75. The first-order valence-corrected chi connectivity index (χ1v) is 18.0. The Morgan fingerprint density at radius 3 is 0.717 bits per heavy atom. The molecule has 0 N–H and O–H groups in total. The quantitative estimate of drug-likeness (QED) is 0.114. The number of rotatable bonds is 7. The van der Waals surface area contributed by atoms with Crippen LogP contribution < -0.4 is 36.9 Å². The zero-order valence-electron chi connectivity index (χ0n) is 26.0. The number of benzene rings is 6. The first-order chi connectivity index (χ1) is 22.1. The second-order valence-electron chi connectivity index (χ2n) is 10.2. The molecule has 0 radical (unpaired) electrons. The van der Waals surface area contributed by atoms with E-state index in [1.165, 1.54) is 44.8 Å². The Morgan fingerprint density at radius 1 is 0.435 bits per heavy atom. The molecule has 0 unspecified atom stereocenters. The van der Waals surface area contributed by atoms with Crippen LogP contribution in [0.4, 0.5) is 0 Å². The van der Waals surface area contributed by atoms with Gasteiger partial charge in [0.1, 0.15) is 31.8 Å². The van der Waals surface area contributed by atoms with Gasteiger partial charge in [0, 0.05) is 0 Å². The van der Waals surface area contributed by atoms with Crippen molar-refractivity contribution in [3.05, 3.63) is 194 Å². The maximum atomic E-state index is 9.75. The fourth-order valence-corrected chi connectivity index (χ4v) is 9.90. The molecule has 5 heteroatoms. The van der Waals surface area contributed by atoms with Gasteiger partial charge < -0.3 is 9.90 Å². The molecule has 2 nitrogen and oxygen atoms in total. The van der Waals surface area contributed by atoms with Crippen LogP contribution in [0.2, 0.25) is 0 Å². The third-order valence-corrected chi connectivity index (χ3v) is 12.6. The smallest absolute Gasteiger partial charge is 0.545 e. The Hall–Kier alpha value is -3.87. The van der Waals surface area contributed by atoms with Crippen LogP contribution in [0, 0.1) is 0 Å². The van der Waals surface area contributed by atoms with E-state index in [1.807, 2.05) is 0 Å². The Balaban J connectivity index is 0.000000205. The number of carbonyl (C=O) groups is 1. The monoisotopic (exact) mass is 732 g/mol. The van der Waals surface area contributed by atoms with Gasteiger partial charge in [-0.15, -0.1) is 0 Å². The van der Waals surface area contributed by atoms with Crippen molar-refractivity contribution in [2.75, 3.05) is 0 Å². The summed E-state index contributed by atoms with van der Waals surface area (Å²) in [6.07, 6.45) is 1.50. The van der Waals surface area contributed by atoms with Gasteiger partial charge in [0.2, 0.25) is 0 Å². The number of hydrogen-bond acceptors (Lipinski definition) is 2. The Bertz CT molecular complexity index is 1410. The van der Waals surface area contributed by atoms with Crippen molar-refractivity contribution in [2.45, 2.75) is 13.8 Å². The van der Waals surface area contributed by atoms with Crippen LogP contribution in [0.5, 0.6) is 0 Å². The molecular weight excluding hydrogens is 694 g/mol. The van der Waals surface area contributed by atoms with Crippen molar-refractivity contribution >= 4 is 53.6 Å². The van der Waals surface area contributed by atoms with Gasteiger partial charge in [0.05, 0.1) is 21.8 Å². The second-order valence-corrected chi connectivity index (χ2v) is 15.2. The second kappa shape index (κ2) is 20.3. The van der Waals surface area contributed by atoms with Crippen LogP contribution in [0.15, 0.2) is 194 Å². The summed E-state index contributed by atoms with van der Waals surface area (Å²) in [6, 6.07) is 65.0. The molecule has 0 bridgehead atoms. The molecule has 0 atom stereocenters. The molecule has 0 spiro atoms. The minimum Gasteiger partial charge on any atom is -0.545 e. The average molecular weight is 734 g/mol. The number of carboxylic acid groups (broad SMARTS) is 1. The predicted molar refractivity (Wildman–Crippen MR) is 198 cm³/mol. The first kappa shape index (κ1) is 36.6. The van der Waals surface area contributed by atoms with Crippen LogP contribution in [0.1, 0.15) is 13.8 Å². The molecule has 6 aromatic carbocycles. The summed E-state index contributed by atoms with van der Waals surface area (Å²) in [5, 5.41) is 18.4. The molecule has 0 aliphatic rings. The molecule has 0 aliphatic carbocycles. The molecule has 6 aromatic rings. The standard InChI is InChI=1S/2C18H15P.C5H8O2.Ag/c2*1-4-10-16(11-5-1)19(17-12-6-2-7-13-17)18-14-8-3-9-15-18;1-3-4(2)5(6)7;/h2*1-15H;3H,1-2H3,(H,6,7);/q;;;+1/p+1/b;;4-3+;. The Labute approximate surface area is 291 Å². The van der Waals surface area contributed by atoms with E-state index < -0.39 is 21.8 Å². The van der Waals surface area contributed by atoms with Crippen LogP contribution >= 0.6 is 15.8 Å². The minimum absolute atomic E-state index is 0. The summed E-state index contributed by atoms with van der Waals surface area (Å²) in [5.74, 6) is -1.09. The van der Waals surface area contributed by atoms with Crippen LogP contribution in [-0.2, 0) is 27.2 Å². The third-order valence-electron chi connectivity index (χ3n) is 7.13. The maximum Gasteiger partial charge on any atom is 1.00 e. The van der Waals surface area contributed by atoms with E-state index in [-0.39, 0.29) is 28.0 Å². The molecule has 0 heterocycles. The zero-order valence-corrected chi connectivity index (χ0v) is 29.5. The number of carboxylic acids is 1. The topological polar surface area (TPSA) is 40.1 Å². The molecule has 46 heavy (non-hydrogen) atoms. The van der Waals surface area contributed by atoms with E-state index in [4.69, 9.17) is 0 Å². The van der Waals surface area contributed by atoms with Crippen LogP contribution in [-0.4, -0.2) is 5.97 Å². The van der Waals surface area contributed by atoms with Crippen molar-refractivity contribution in [1.82, 2.24) is 0 Å². The largest absolute Gasteiger partial charge is 1.00 e. The van der Waals surface area contributed by atoms with Gasteiger partial charge in [0.25, 0.3) is 0 Å².